The van der Waals surface area contributed by atoms with Crippen LogP contribution in [-0.4, -0.2) is 44.7 Å². The Bertz CT molecular complexity index is 976. The van der Waals surface area contributed by atoms with Crippen molar-refractivity contribution in [2.45, 2.75) is 43.7 Å². The van der Waals surface area contributed by atoms with E-state index < -0.39 is 0 Å². The summed E-state index contributed by atoms with van der Waals surface area (Å²) in [6.45, 7) is 1.04. The fourth-order valence-electron chi connectivity index (χ4n) is 4.66. The molecule has 2 aliphatic rings. The van der Waals surface area contributed by atoms with E-state index in [1.165, 1.54) is 18.4 Å². The number of carbonyl (C=O) groups is 1. The lowest BCUT2D eigenvalue weighted by Crippen LogP contribution is -2.47. The molecule has 1 saturated carbocycles. The van der Waals surface area contributed by atoms with Gasteiger partial charge in [-0.25, -0.2) is 0 Å². The van der Waals surface area contributed by atoms with Crippen LogP contribution in [0, 0.1) is 0 Å². The summed E-state index contributed by atoms with van der Waals surface area (Å²) >= 11 is 0. The monoisotopic (exact) mass is 564 g/mol. The van der Waals surface area contributed by atoms with Crippen LogP contribution in [-0.2, 0) is 0 Å². The van der Waals surface area contributed by atoms with Crippen molar-refractivity contribution in [3.63, 3.8) is 0 Å². The van der Waals surface area contributed by atoms with Gasteiger partial charge in [-0.15, -0.1) is 24.0 Å². The number of methoxy groups -OCH3 is 1. The summed E-state index contributed by atoms with van der Waals surface area (Å²) in [5.41, 5.74) is 1.67. The lowest BCUT2D eigenvalue weighted by Gasteiger charge is -2.40. The minimum absolute atomic E-state index is 0. The third kappa shape index (κ3) is 6.10. The molecule has 8 heteroatoms. The van der Waals surface area contributed by atoms with Gasteiger partial charge in [-0.1, -0.05) is 24.3 Å². The molecular weight excluding hydrogens is 531 g/mol. The molecule has 1 aliphatic carbocycles. The van der Waals surface area contributed by atoms with Crippen LogP contribution in [0.25, 0.3) is 0 Å². The highest BCUT2D eigenvalue weighted by Gasteiger charge is 2.43. The van der Waals surface area contributed by atoms with E-state index in [9.17, 15) is 4.79 Å². The highest BCUT2D eigenvalue weighted by Crippen LogP contribution is 2.46. The van der Waals surface area contributed by atoms with Crippen molar-refractivity contribution in [2.75, 3.05) is 27.2 Å². The minimum Gasteiger partial charge on any atom is -0.497 e. The van der Waals surface area contributed by atoms with Gasteiger partial charge in [0.2, 0.25) is 0 Å². The highest BCUT2D eigenvalue weighted by atomic mass is 127. The standard InChI is InChI=1S/C25H32N4O3.HI/c1-26-24(28-15-14-27-23(30)18-8-7-9-19(16-18)31-2)29-21-17-25(12-5-6-13-25)32-22-11-4-3-10-20(21)22;/h3-4,7-11,16,21H,5-6,12-15,17H2,1-2H3,(H,27,30)(H2,26,28,29);1H. The number of nitrogens with zero attached hydrogens (tertiary/aromatic N) is 1. The Labute approximate surface area is 212 Å². The molecule has 0 aromatic heterocycles. The van der Waals surface area contributed by atoms with E-state index in [0.29, 0.717) is 24.4 Å². The first-order valence-electron chi connectivity index (χ1n) is 11.3. The van der Waals surface area contributed by atoms with E-state index in [4.69, 9.17) is 9.47 Å². The first-order chi connectivity index (χ1) is 15.6. The minimum atomic E-state index is -0.129. The van der Waals surface area contributed by atoms with E-state index in [1.54, 1.807) is 32.4 Å². The molecule has 33 heavy (non-hydrogen) atoms. The first kappa shape index (κ1) is 25.1. The van der Waals surface area contributed by atoms with Crippen molar-refractivity contribution < 1.29 is 14.3 Å². The maximum Gasteiger partial charge on any atom is 0.251 e. The summed E-state index contributed by atoms with van der Waals surface area (Å²) in [5.74, 6) is 2.22. The number of carbonyl (C=O) groups excluding carboxylic acids is 1. The van der Waals surface area contributed by atoms with Crippen molar-refractivity contribution in [1.29, 1.82) is 0 Å². The number of hydrogen-bond donors (Lipinski definition) is 3. The summed E-state index contributed by atoms with van der Waals surface area (Å²) in [5, 5.41) is 9.82. The van der Waals surface area contributed by atoms with Crippen LogP contribution in [0.2, 0.25) is 0 Å². The molecule has 0 radical (unpaired) electrons. The molecule has 1 heterocycles. The van der Waals surface area contributed by atoms with Crippen molar-refractivity contribution >= 4 is 35.8 Å². The summed E-state index contributed by atoms with van der Waals surface area (Å²) in [4.78, 5) is 16.8. The lowest BCUT2D eigenvalue weighted by atomic mass is 9.86. The molecule has 1 spiro atoms. The van der Waals surface area contributed by atoms with Crippen LogP contribution >= 0.6 is 24.0 Å². The van der Waals surface area contributed by atoms with E-state index >= 15 is 0 Å². The number of amides is 1. The Hall–Kier alpha value is -2.49. The van der Waals surface area contributed by atoms with Crippen LogP contribution < -0.4 is 25.4 Å². The number of fused-ring (bicyclic) bond motifs is 1. The van der Waals surface area contributed by atoms with Crippen molar-refractivity contribution in [1.82, 2.24) is 16.0 Å². The molecule has 1 amide bonds. The van der Waals surface area contributed by atoms with Crippen LogP contribution in [0.1, 0.15) is 54.1 Å². The molecule has 0 bridgehead atoms. The number of ether oxygens (including phenoxy) is 2. The topological polar surface area (TPSA) is 84.0 Å². The van der Waals surface area contributed by atoms with Gasteiger partial charge in [-0.2, -0.15) is 0 Å². The van der Waals surface area contributed by atoms with Gasteiger partial charge >= 0.3 is 0 Å². The maximum atomic E-state index is 12.4. The molecule has 1 unspecified atom stereocenters. The van der Waals surface area contributed by atoms with Gasteiger partial charge in [-0.05, 0) is 49.9 Å². The number of para-hydroxylation sites is 1. The van der Waals surface area contributed by atoms with Crippen molar-refractivity contribution in [2.24, 2.45) is 4.99 Å². The van der Waals surface area contributed by atoms with Crippen LogP contribution in [0.4, 0.5) is 0 Å². The molecule has 1 aliphatic heterocycles. The van der Waals surface area contributed by atoms with E-state index in [-0.39, 0.29) is 41.5 Å². The van der Waals surface area contributed by atoms with Gasteiger partial charge in [-0.3, -0.25) is 9.79 Å². The average molecular weight is 564 g/mol. The largest absolute Gasteiger partial charge is 0.497 e. The number of guanidine groups is 1. The predicted molar refractivity (Wildman–Crippen MR) is 141 cm³/mol. The molecule has 3 N–H and O–H groups in total. The third-order valence-corrected chi connectivity index (χ3v) is 6.28. The summed E-state index contributed by atoms with van der Waals surface area (Å²) < 4.78 is 11.6. The highest BCUT2D eigenvalue weighted by molar-refractivity contribution is 14.0. The summed E-state index contributed by atoms with van der Waals surface area (Å²) in [7, 11) is 3.35. The number of nitrogens with one attached hydrogen (secondary N) is 3. The molecule has 4 rings (SSSR count). The predicted octanol–water partition coefficient (Wildman–Crippen LogP) is 4.04. The van der Waals surface area contributed by atoms with E-state index in [2.05, 4.69) is 33.1 Å². The fraction of sp³-hybridized carbons (Fsp3) is 0.440. The second kappa shape index (κ2) is 11.6. The average Bonchev–Trinajstić information content (AvgIpc) is 3.27. The van der Waals surface area contributed by atoms with Gasteiger partial charge in [0.15, 0.2) is 5.96 Å². The zero-order chi connectivity index (χ0) is 22.4. The number of benzene rings is 2. The normalized spacial score (nSPS) is 18.5. The van der Waals surface area contributed by atoms with Crippen molar-refractivity contribution in [3.8, 4) is 11.5 Å². The van der Waals surface area contributed by atoms with Gasteiger partial charge in [0.1, 0.15) is 17.1 Å². The number of aliphatic imine (C=N–C) groups is 1. The Morgan fingerprint density at radius 3 is 2.64 bits per heavy atom. The fourth-order valence-corrected chi connectivity index (χ4v) is 4.66. The van der Waals surface area contributed by atoms with E-state index in [1.807, 2.05) is 18.2 Å². The SMILES string of the molecule is CN=C(NCCNC(=O)c1cccc(OC)c1)NC1CC2(CCCC2)Oc2ccccc21.I. The zero-order valence-corrected chi connectivity index (χ0v) is 21.6. The second-order valence-corrected chi connectivity index (χ2v) is 8.42. The molecule has 7 nitrogen and oxygen atoms in total. The third-order valence-electron chi connectivity index (χ3n) is 6.28. The summed E-state index contributed by atoms with van der Waals surface area (Å²) in [6, 6.07) is 15.5. The van der Waals surface area contributed by atoms with Gasteiger partial charge < -0.3 is 25.4 Å². The zero-order valence-electron chi connectivity index (χ0n) is 19.2. The Balaban J connectivity index is 0.00000306. The second-order valence-electron chi connectivity index (χ2n) is 8.42. The molecule has 1 atom stereocenters. The number of hydrogen-bond acceptors (Lipinski definition) is 4. The molecule has 178 valence electrons. The smallest absolute Gasteiger partial charge is 0.251 e. The maximum absolute atomic E-state index is 12.4. The van der Waals surface area contributed by atoms with Crippen LogP contribution in [0.5, 0.6) is 11.5 Å². The van der Waals surface area contributed by atoms with Crippen LogP contribution in [0.15, 0.2) is 53.5 Å². The Kier molecular flexibility index (Phi) is 8.82. The molecular formula is C25H33IN4O3. The number of halogens is 1. The van der Waals surface area contributed by atoms with Gasteiger partial charge in [0, 0.05) is 37.7 Å². The van der Waals surface area contributed by atoms with Gasteiger partial charge in [0.05, 0.1) is 13.2 Å². The molecule has 2 aromatic rings. The Morgan fingerprint density at radius 1 is 1.12 bits per heavy atom. The van der Waals surface area contributed by atoms with Crippen molar-refractivity contribution in [3.05, 3.63) is 59.7 Å². The molecule has 2 aromatic carbocycles. The Morgan fingerprint density at radius 2 is 1.88 bits per heavy atom. The molecule has 0 saturated heterocycles. The summed E-state index contributed by atoms with van der Waals surface area (Å²) in [6.07, 6.45) is 5.56. The molecule has 1 fully saturated rings. The van der Waals surface area contributed by atoms with Crippen LogP contribution in [0.3, 0.4) is 0 Å². The lowest BCUT2D eigenvalue weighted by molar-refractivity contribution is 0.0396. The van der Waals surface area contributed by atoms with Gasteiger partial charge in [0.25, 0.3) is 5.91 Å². The quantitative estimate of drug-likeness (QED) is 0.214. The number of rotatable bonds is 6. The van der Waals surface area contributed by atoms with E-state index in [0.717, 1.165) is 31.0 Å². The first-order valence-corrected chi connectivity index (χ1v) is 11.3.